The molecule has 0 unspecified atom stereocenters. The second-order valence-corrected chi connectivity index (χ2v) is 12.1. The van der Waals surface area contributed by atoms with E-state index in [1.54, 1.807) is 24.0 Å². The monoisotopic (exact) mass is 532 g/mol. The zero-order valence-corrected chi connectivity index (χ0v) is 22.0. The van der Waals surface area contributed by atoms with E-state index < -0.39 is 15.8 Å². The van der Waals surface area contributed by atoms with Crippen LogP contribution in [0.1, 0.15) is 47.2 Å². The molecule has 2 aliphatic heterocycles. The van der Waals surface area contributed by atoms with Gasteiger partial charge in [-0.25, -0.2) is 13.2 Å². The van der Waals surface area contributed by atoms with Gasteiger partial charge in [0.25, 0.3) is 0 Å². The summed E-state index contributed by atoms with van der Waals surface area (Å²) >= 11 is 6.66. The van der Waals surface area contributed by atoms with Crippen molar-refractivity contribution in [3.8, 4) is 11.5 Å². The summed E-state index contributed by atoms with van der Waals surface area (Å²) in [5, 5.41) is 0.233. The predicted octanol–water partition coefficient (Wildman–Crippen LogP) is 4.35. The number of methoxy groups -OCH3 is 1. The van der Waals surface area contributed by atoms with Crippen LogP contribution in [-0.4, -0.2) is 58.5 Å². The van der Waals surface area contributed by atoms with Crippen molar-refractivity contribution in [2.45, 2.75) is 43.3 Å². The Balaban J connectivity index is 1.53. The number of amides is 1. The van der Waals surface area contributed by atoms with Gasteiger partial charge in [-0.1, -0.05) is 11.6 Å². The summed E-state index contributed by atoms with van der Waals surface area (Å²) in [7, 11) is -2.65. The fraction of sp³-hybridized carbons (Fsp3) is 0.462. The van der Waals surface area contributed by atoms with Gasteiger partial charge >= 0.3 is 5.97 Å². The topological polar surface area (TPSA) is 93.2 Å². The summed E-state index contributed by atoms with van der Waals surface area (Å²) in [6.07, 6.45) is 4.06. The molecule has 0 N–H and O–H groups in total. The van der Waals surface area contributed by atoms with E-state index in [2.05, 4.69) is 4.90 Å². The molecule has 1 aliphatic carbocycles. The van der Waals surface area contributed by atoms with Crippen LogP contribution in [0.25, 0.3) is 0 Å². The molecule has 2 fully saturated rings. The van der Waals surface area contributed by atoms with Gasteiger partial charge in [-0.2, -0.15) is 0 Å². The van der Waals surface area contributed by atoms with Crippen LogP contribution < -0.4 is 9.64 Å². The third-order valence-electron chi connectivity index (χ3n) is 6.99. The second-order valence-electron chi connectivity index (χ2n) is 9.70. The number of hydrogen-bond acceptors (Lipinski definition) is 7. The van der Waals surface area contributed by atoms with Crippen LogP contribution in [0.15, 0.2) is 29.2 Å². The minimum absolute atomic E-state index is 0.00444. The van der Waals surface area contributed by atoms with Crippen LogP contribution in [0.2, 0.25) is 5.02 Å². The van der Waals surface area contributed by atoms with Crippen molar-refractivity contribution in [3.05, 3.63) is 46.0 Å². The van der Waals surface area contributed by atoms with Gasteiger partial charge in [0.1, 0.15) is 16.4 Å². The molecule has 0 spiro atoms. The molecule has 3 aliphatic rings. The maximum absolute atomic E-state index is 13.5. The van der Waals surface area contributed by atoms with Gasteiger partial charge in [0.05, 0.1) is 23.4 Å². The van der Waals surface area contributed by atoms with Crippen LogP contribution in [0.3, 0.4) is 0 Å². The number of carbonyl (C=O) groups is 2. The Kier molecular flexibility index (Phi) is 6.74. The quantitative estimate of drug-likeness (QED) is 0.510. The Hall–Kier alpha value is -2.62. The predicted molar refractivity (Wildman–Crippen MR) is 136 cm³/mol. The van der Waals surface area contributed by atoms with E-state index in [0.29, 0.717) is 23.4 Å². The Morgan fingerprint density at radius 1 is 1.14 bits per heavy atom. The summed E-state index contributed by atoms with van der Waals surface area (Å²) in [6.45, 7) is 4.98. The molecule has 2 aromatic rings. The van der Waals surface area contributed by atoms with E-state index in [0.717, 1.165) is 45.3 Å². The number of esters is 1. The van der Waals surface area contributed by atoms with E-state index in [1.165, 1.54) is 19.2 Å². The summed E-state index contributed by atoms with van der Waals surface area (Å²) in [5.74, 6) is -0.574. The molecular weight excluding hydrogens is 504 g/mol. The number of benzene rings is 2. The van der Waals surface area contributed by atoms with E-state index in [4.69, 9.17) is 21.1 Å². The average molecular weight is 533 g/mol. The normalized spacial score (nSPS) is 18.5. The first-order chi connectivity index (χ1) is 17.2. The molecule has 10 heteroatoms. The van der Waals surface area contributed by atoms with Crippen LogP contribution in [0, 0.1) is 12.8 Å². The highest BCUT2D eigenvalue weighted by Crippen LogP contribution is 2.45. The van der Waals surface area contributed by atoms with Gasteiger partial charge in [-0.15, -0.1) is 0 Å². The first-order valence-electron chi connectivity index (χ1n) is 12.2. The number of ether oxygens (including phenoxy) is 2. The van der Waals surface area contributed by atoms with Crippen molar-refractivity contribution in [1.82, 2.24) is 4.90 Å². The lowest BCUT2D eigenvalue weighted by molar-refractivity contribution is -0.119. The van der Waals surface area contributed by atoms with Crippen molar-refractivity contribution >= 4 is 39.0 Å². The zero-order valence-electron chi connectivity index (χ0n) is 20.4. The number of hydrogen-bond donors (Lipinski definition) is 0. The highest BCUT2D eigenvalue weighted by Gasteiger charge is 2.36. The number of anilines is 1. The average Bonchev–Trinajstić information content (AvgIpc) is 3.58. The highest BCUT2D eigenvalue weighted by molar-refractivity contribution is 7.90. The van der Waals surface area contributed by atoms with E-state index in [-0.39, 0.29) is 44.6 Å². The van der Waals surface area contributed by atoms with Crippen molar-refractivity contribution < 1.29 is 27.5 Å². The molecule has 1 saturated carbocycles. The highest BCUT2D eigenvalue weighted by atomic mass is 35.5. The number of sulfone groups is 1. The zero-order chi connectivity index (χ0) is 25.6. The molecular formula is C26H29ClN2O6S. The molecule has 5 rings (SSSR count). The lowest BCUT2D eigenvalue weighted by Crippen LogP contribution is -2.39. The number of likely N-dealkylation sites (tertiary alicyclic amines) is 1. The number of fused-ring (bicyclic) bond motifs is 2. The molecule has 1 saturated heterocycles. The molecule has 1 amide bonds. The maximum Gasteiger partial charge on any atom is 0.337 e. The second kappa shape index (κ2) is 9.68. The summed E-state index contributed by atoms with van der Waals surface area (Å²) < 4.78 is 37.8. The first kappa shape index (κ1) is 25.0. The lowest BCUT2D eigenvalue weighted by atomic mass is 10.1. The summed E-state index contributed by atoms with van der Waals surface area (Å²) in [6, 6.07) is 6.19. The standard InChI is InChI=1S/C26H29ClN2O6S/c1-16-11-18(26(31)34-2)13-22-23(16)35-24-19(15-36(22,32)33)12-20(14-21(24)27)29(25(30)17-5-6-17)10-9-28-7-3-4-8-28/h11-14,17H,3-10,15H2,1-2H3. The third kappa shape index (κ3) is 4.84. The van der Waals surface area contributed by atoms with Crippen molar-refractivity contribution in [1.29, 1.82) is 0 Å². The molecule has 0 atom stereocenters. The fourth-order valence-corrected chi connectivity index (χ4v) is 6.74. The minimum atomic E-state index is -3.89. The third-order valence-corrected chi connectivity index (χ3v) is 8.94. The van der Waals surface area contributed by atoms with Crippen molar-refractivity contribution in [2.75, 3.05) is 38.2 Å². The SMILES string of the molecule is COC(=O)c1cc(C)c2c(c1)S(=O)(=O)Cc1cc(N(CCN3CCCC3)C(=O)C3CC3)cc(Cl)c1O2. The van der Waals surface area contributed by atoms with Crippen LogP contribution in [0.5, 0.6) is 11.5 Å². The Bertz CT molecular complexity index is 1330. The smallest absolute Gasteiger partial charge is 0.337 e. The molecule has 192 valence electrons. The van der Waals surface area contributed by atoms with Gasteiger partial charge in [0.15, 0.2) is 9.84 Å². The van der Waals surface area contributed by atoms with Crippen molar-refractivity contribution in [3.63, 3.8) is 0 Å². The van der Waals surface area contributed by atoms with E-state index >= 15 is 0 Å². The van der Waals surface area contributed by atoms with Crippen LogP contribution >= 0.6 is 11.6 Å². The molecule has 8 nitrogen and oxygen atoms in total. The van der Waals surface area contributed by atoms with Crippen molar-refractivity contribution in [2.24, 2.45) is 5.92 Å². The Labute approximate surface area is 216 Å². The minimum Gasteiger partial charge on any atom is -0.465 e. The van der Waals surface area contributed by atoms with Gasteiger partial charge in [-0.05, 0) is 75.5 Å². The fourth-order valence-electron chi connectivity index (χ4n) is 4.90. The Morgan fingerprint density at radius 2 is 1.86 bits per heavy atom. The molecule has 0 aromatic heterocycles. The van der Waals surface area contributed by atoms with E-state index in [9.17, 15) is 18.0 Å². The number of aryl methyl sites for hydroxylation is 1. The number of nitrogens with zero attached hydrogens (tertiary/aromatic N) is 2. The van der Waals surface area contributed by atoms with Gasteiger partial charge < -0.3 is 19.3 Å². The van der Waals surface area contributed by atoms with Crippen LogP contribution in [0.4, 0.5) is 5.69 Å². The summed E-state index contributed by atoms with van der Waals surface area (Å²) in [4.78, 5) is 29.3. The molecule has 2 heterocycles. The lowest BCUT2D eigenvalue weighted by Gasteiger charge is -2.27. The Morgan fingerprint density at radius 3 is 2.53 bits per heavy atom. The number of carbonyl (C=O) groups excluding carboxylic acids is 2. The van der Waals surface area contributed by atoms with Gasteiger partial charge in [0, 0.05) is 30.3 Å². The molecule has 0 radical (unpaired) electrons. The largest absolute Gasteiger partial charge is 0.465 e. The maximum atomic E-state index is 13.5. The van der Waals surface area contributed by atoms with Gasteiger partial charge in [0.2, 0.25) is 5.91 Å². The molecule has 36 heavy (non-hydrogen) atoms. The molecule has 2 aromatic carbocycles. The number of halogens is 1. The van der Waals surface area contributed by atoms with E-state index in [1.807, 2.05) is 0 Å². The molecule has 0 bridgehead atoms. The first-order valence-corrected chi connectivity index (χ1v) is 14.2. The van der Waals surface area contributed by atoms with Gasteiger partial charge in [-0.3, -0.25) is 4.79 Å². The van der Waals surface area contributed by atoms with Crippen LogP contribution in [-0.2, 0) is 25.1 Å². The summed E-state index contributed by atoms with van der Waals surface area (Å²) in [5.41, 5.74) is 1.55. The number of rotatable bonds is 6.